The monoisotopic (exact) mass is 379 g/mol. The molecule has 0 spiro atoms. The van der Waals surface area contributed by atoms with E-state index in [9.17, 15) is 18.0 Å². The van der Waals surface area contributed by atoms with Crippen molar-refractivity contribution in [2.75, 3.05) is 6.54 Å². The molecule has 0 bridgehead atoms. The number of alkyl halides is 3. The molecule has 7 nitrogen and oxygen atoms in total. The molecule has 1 atom stereocenters. The molecule has 11 heteroatoms. The van der Waals surface area contributed by atoms with Gasteiger partial charge in [0.15, 0.2) is 5.69 Å². The number of aryl methyl sites for hydroxylation is 1. The molecule has 2 heterocycles. The van der Waals surface area contributed by atoms with Crippen LogP contribution < -0.4 is 0 Å². The fourth-order valence-electron chi connectivity index (χ4n) is 2.34. The second-order valence-corrected chi connectivity index (χ2v) is 5.89. The lowest BCUT2D eigenvalue weighted by atomic mass is 10.2. The van der Waals surface area contributed by atoms with Crippen molar-refractivity contribution in [3.05, 3.63) is 27.8 Å². The molecule has 0 fully saturated rings. The molecule has 138 valence electrons. The quantitative estimate of drug-likeness (QED) is 0.797. The Kier molecular flexibility index (Phi) is 5.40. The van der Waals surface area contributed by atoms with Crippen molar-refractivity contribution in [1.82, 2.24) is 25.0 Å². The first-order valence-electron chi connectivity index (χ1n) is 7.46. The fourth-order valence-corrected chi connectivity index (χ4v) is 2.58. The Bertz CT molecular complexity index is 771. The molecule has 2 rings (SSSR count). The highest BCUT2D eigenvalue weighted by Crippen LogP contribution is 2.36. The highest BCUT2D eigenvalue weighted by molar-refractivity contribution is 6.32. The van der Waals surface area contributed by atoms with Crippen LogP contribution in [0.2, 0.25) is 5.02 Å². The van der Waals surface area contributed by atoms with Gasteiger partial charge in [-0.1, -0.05) is 21.9 Å². The summed E-state index contributed by atoms with van der Waals surface area (Å²) in [4.78, 5) is 14.1. The summed E-state index contributed by atoms with van der Waals surface area (Å²) in [6.07, 6.45) is -4.69. The van der Waals surface area contributed by atoms with Crippen LogP contribution >= 0.6 is 11.6 Å². The minimum Gasteiger partial charge on any atom is -0.335 e. The lowest BCUT2D eigenvalue weighted by Gasteiger charge is -2.24. The number of amides is 1. The molecule has 0 N–H and O–H groups in total. The van der Waals surface area contributed by atoms with Gasteiger partial charge in [0.05, 0.1) is 17.3 Å². The van der Waals surface area contributed by atoms with Crippen LogP contribution in [0.4, 0.5) is 13.2 Å². The van der Waals surface area contributed by atoms with Crippen LogP contribution in [0.5, 0.6) is 0 Å². The standard InChI is InChI=1S/C14H17ClF3N5O2/c1-5-22(6-10-7(2)20-25-21-10)13(24)9(4)23-8(3)11(15)12(19-23)14(16,17)18/h9H,5-6H2,1-4H3/t9-/m1/s1. The van der Waals surface area contributed by atoms with E-state index in [0.717, 1.165) is 4.68 Å². The molecule has 0 aliphatic rings. The third-order valence-electron chi connectivity index (χ3n) is 3.85. The van der Waals surface area contributed by atoms with E-state index in [1.807, 2.05) is 0 Å². The van der Waals surface area contributed by atoms with Crippen molar-refractivity contribution in [2.45, 2.75) is 46.5 Å². The van der Waals surface area contributed by atoms with Crippen LogP contribution in [0, 0.1) is 13.8 Å². The summed E-state index contributed by atoms with van der Waals surface area (Å²) in [5, 5.41) is 10.3. The molecule has 2 aromatic heterocycles. The number of nitrogens with zero attached hydrogens (tertiary/aromatic N) is 5. The van der Waals surface area contributed by atoms with Gasteiger partial charge in [-0.3, -0.25) is 9.48 Å². The van der Waals surface area contributed by atoms with Gasteiger partial charge in [0.1, 0.15) is 17.4 Å². The Morgan fingerprint density at radius 3 is 2.44 bits per heavy atom. The zero-order valence-corrected chi connectivity index (χ0v) is 14.8. The van der Waals surface area contributed by atoms with Gasteiger partial charge in [-0.05, 0) is 27.7 Å². The van der Waals surface area contributed by atoms with Crippen LogP contribution in [0.25, 0.3) is 0 Å². The number of rotatable bonds is 5. The van der Waals surface area contributed by atoms with E-state index in [-0.39, 0.29) is 12.2 Å². The van der Waals surface area contributed by atoms with Gasteiger partial charge >= 0.3 is 6.18 Å². The lowest BCUT2D eigenvalue weighted by molar-refractivity contribution is -0.142. The number of hydrogen-bond donors (Lipinski definition) is 0. The average Bonchev–Trinajstić information content (AvgIpc) is 3.07. The van der Waals surface area contributed by atoms with Crippen LogP contribution in [0.1, 0.15) is 42.7 Å². The van der Waals surface area contributed by atoms with Gasteiger partial charge in [-0.2, -0.15) is 18.3 Å². The third-order valence-corrected chi connectivity index (χ3v) is 4.30. The van der Waals surface area contributed by atoms with E-state index >= 15 is 0 Å². The summed E-state index contributed by atoms with van der Waals surface area (Å²) in [7, 11) is 0. The Labute approximate surface area is 146 Å². The van der Waals surface area contributed by atoms with Crippen LogP contribution in [0.15, 0.2) is 4.63 Å². The van der Waals surface area contributed by atoms with Gasteiger partial charge in [-0.25, -0.2) is 4.63 Å². The van der Waals surface area contributed by atoms with Crippen LogP contribution in [-0.4, -0.2) is 37.4 Å². The second-order valence-electron chi connectivity index (χ2n) is 5.52. The van der Waals surface area contributed by atoms with E-state index in [2.05, 4.69) is 20.0 Å². The summed E-state index contributed by atoms with van der Waals surface area (Å²) in [5.74, 6) is -0.416. The first kappa shape index (κ1) is 19.2. The molecule has 0 aliphatic carbocycles. The molecular weight excluding hydrogens is 363 g/mol. The van der Waals surface area contributed by atoms with Crippen molar-refractivity contribution in [3.63, 3.8) is 0 Å². The Hall–Kier alpha value is -2.10. The topological polar surface area (TPSA) is 77.0 Å². The molecule has 0 saturated carbocycles. The zero-order valence-electron chi connectivity index (χ0n) is 14.1. The van der Waals surface area contributed by atoms with E-state index in [0.29, 0.717) is 17.9 Å². The average molecular weight is 380 g/mol. The third kappa shape index (κ3) is 3.78. The Balaban J connectivity index is 2.28. The summed E-state index contributed by atoms with van der Waals surface area (Å²) >= 11 is 5.74. The molecule has 0 saturated heterocycles. The maximum atomic E-state index is 12.9. The maximum Gasteiger partial charge on any atom is 0.436 e. The summed E-state index contributed by atoms with van der Waals surface area (Å²) in [6, 6.07) is -0.964. The van der Waals surface area contributed by atoms with E-state index < -0.39 is 28.8 Å². The predicted molar refractivity (Wildman–Crippen MR) is 81.8 cm³/mol. The normalized spacial score (nSPS) is 13.1. The number of hydrogen-bond acceptors (Lipinski definition) is 5. The maximum absolute atomic E-state index is 12.9. The Morgan fingerprint density at radius 2 is 2.00 bits per heavy atom. The number of likely N-dealkylation sites (N-methyl/N-ethyl adjacent to an activating group) is 1. The van der Waals surface area contributed by atoms with Crippen molar-refractivity contribution in [1.29, 1.82) is 0 Å². The van der Waals surface area contributed by atoms with Crippen molar-refractivity contribution in [2.24, 2.45) is 0 Å². The molecule has 1 amide bonds. The lowest BCUT2D eigenvalue weighted by Crippen LogP contribution is -2.36. The predicted octanol–water partition coefficient (Wildman–Crippen LogP) is 3.16. The highest BCUT2D eigenvalue weighted by atomic mass is 35.5. The minimum absolute atomic E-state index is 0.0742. The summed E-state index contributed by atoms with van der Waals surface area (Å²) in [5.41, 5.74) is -0.110. The first-order valence-corrected chi connectivity index (χ1v) is 7.84. The van der Waals surface area contributed by atoms with Gasteiger partial charge in [0, 0.05) is 6.54 Å². The molecular formula is C14H17ClF3N5O2. The van der Waals surface area contributed by atoms with Crippen molar-refractivity contribution >= 4 is 17.5 Å². The SMILES string of the molecule is CCN(Cc1nonc1C)C(=O)[C@@H](C)n1nc(C(F)(F)F)c(Cl)c1C. The minimum atomic E-state index is -4.69. The van der Waals surface area contributed by atoms with Gasteiger partial charge in [0.2, 0.25) is 5.91 Å². The molecule has 0 radical (unpaired) electrons. The summed E-state index contributed by atoms with van der Waals surface area (Å²) < 4.78 is 44.4. The van der Waals surface area contributed by atoms with E-state index in [4.69, 9.17) is 11.6 Å². The highest BCUT2D eigenvalue weighted by Gasteiger charge is 2.39. The molecule has 0 unspecified atom stereocenters. The van der Waals surface area contributed by atoms with Crippen LogP contribution in [-0.2, 0) is 17.5 Å². The Morgan fingerprint density at radius 1 is 1.36 bits per heavy atom. The van der Waals surface area contributed by atoms with Gasteiger partial charge in [0.25, 0.3) is 0 Å². The number of carbonyl (C=O) groups excluding carboxylic acids is 1. The molecule has 25 heavy (non-hydrogen) atoms. The smallest absolute Gasteiger partial charge is 0.335 e. The van der Waals surface area contributed by atoms with E-state index in [1.165, 1.54) is 18.7 Å². The molecule has 0 aromatic carbocycles. The number of aromatic nitrogens is 4. The molecule has 2 aromatic rings. The fraction of sp³-hybridized carbons (Fsp3) is 0.571. The summed E-state index contributed by atoms with van der Waals surface area (Å²) in [6.45, 7) is 6.74. The largest absolute Gasteiger partial charge is 0.436 e. The second kappa shape index (κ2) is 7.03. The first-order chi connectivity index (χ1) is 11.6. The van der Waals surface area contributed by atoms with Crippen molar-refractivity contribution < 1.29 is 22.6 Å². The number of halogens is 4. The zero-order chi connectivity index (χ0) is 18.9. The van der Waals surface area contributed by atoms with Gasteiger partial charge < -0.3 is 4.90 Å². The molecule has 0 aliphatic heterocycles. The van der Waals surface area contributed by atoms with E-state index in [1.54, 1.807) is 13.8 Å². The van der Waals surface area contributed by atoms with Crippen molar-refractivity contribution in [3.8, 4) is 0 Å². The number of carbonyl (C=O) groups is 1. The van der Waals surface area contributed by atoms with Gasteiger partial charge in [-0.15, -0.1) is 0 Å². The van der Waals surface area contributed by atoms with Crippen LogP contribution in [0.3, 0.4) is 0 Å².